The van der Waals surface area contributed by atoms with Crippen LogP contribution < -0.4 is 5.32 Å². The van der Waals surface area contributed by atoms with E-state index < -0.39 is 0 Å². The third-order valence-electron chi connectivity index (χ3n) is 2.29. The zero-order chi connectivity index (χ0) is 10.2. The number of nitrogens with one attached hydrogen (secondary N) is 1. The number of terminal acetylenes is 1. The van der Waals surface area contributed by atoms with Gasteiger partial charge in [0, 0.05) is 19.0 Å². The molecule has 0 amide bonds. The van der Waals surface area contributed by atoms with Gasteiger partial charge in [-0.3, -0.25) is 0 Å². The molecule has 0 aliphatic carbocycles. The molecule has 74 valence electrons. The van der Waals surface area contributed by atoms with E-state index in [1.165, 1.54) is 5.56 Å². The van der Waals surface area contributed by atoms with Crippen molar-refractivity contribution in [1.29, 1.82) is 0 Å². The molecular formula is C13H17N. The van der Waals surface area contributed by atoms with Gasteiger partial charge in [-0.1, -0.05) is 37.3 Å². The van der Waals surface area contributed by atoms with Crippen LogP contribution in [0.5, 0.6) is 0 Å². The maximum absolute atomic E-state index is 5.37. The molecule has 0 fully saturated rings. The van der Waals surface area contributed by atoms with Gasteiger partial charge in [-0.15, -0.1) is 12.3 Å². The molecule has 0 saturated heterocycles. The largest absolute Gasteiger partial charge is 0.311 e. The van der Waals surface area contributed by atoms with Gasteiger partial charge in [0.25, 0.3) is 0 Å². The Hall–Kier alpha value is -1.26. The Labute approximate surface area is 86.5 Å². The van der Waals surface area contributed by atoms with Gasteiger partial charge in [0.05, 0.1) is 0 Å². The van der Waals surface area contributed by atoms with E-state index in [0.717, 1.165) is 19.5 Å². The molecule has 0 aliphatic rings. The maximum Gasteiger partial charge on any atom is 0.0322 e. The van der Waals surface area contributed by atoms with Crippen molar-refractivity contribution in [3.63, 3.8) is 0 Å². The SMILES string of the molecule is C#C[C@@H](CC)CNCc1ccccc1. The summed E-state index contributed by atoms with van der Waals surface area (Å²) >= 11 is 0. The summed E-state index contributed by atoms with van der Waals surface area (Å²) in [6.07, 6.45) is 6.41. The van der Waals surface area contributed by atoms with E-state index in [2.05, 4.69) is 42.4 Å². The van der Waals surface area contributed by atoms with Crippen molar-refractivity contribution in [2.45, 2.75) is 19.9 Å². The molecule has 0 unspecified atom stereocenters. The molecule has 1 rings (SSSR count). The van der Waals surface area contributed by atoms with Crippen molar-refractivity contribution in [1.82, 2.24) is 5.32 Å². The molecule has 0 saturated carbocycles. The summed E-state index contributed by atoms with van der Waals surface area (Å²) in [7, 11) is 0. The second-order valence-corrected chi connectivity index (χ2v) is 3.39. The van der Waals surface area contributed by atoms with Gasteiger partial charge in [0.1, 0.15) is 0 Å². The highest BCUT2D eigenvalue weighted by molar-refractivity contribution is 5.14. The lowest BCUT2D eigenvalue weighted by atomic mass is 10.1. The van der Waals surface area contributed by atoms with Crippen LogP contribution in [-0.2, 0) is 6.54 Å². The Morgan fingerprint density at radius 2 is 2.07 bits per heavy atom. The quantitative estimate of drug-likeness (QED) is 0.698. The molecule has 0 aromatic heterocycles. The van der Waals surface area contributed by atoms with Crippen LogP contribution in [0.4, 0.5) is 0 Å². The van der Waals surface area contributed by atoms with Crippen molar-refractivity contribution in [2.24, 2.45) is 5.92 Å². The van der Waals surface area contributed by atoms with Crippen molar-refractivity contribution < 1.29 is 0 Å². The predicted molar refractivity (Wildman–Crippen MR) is 60.8 cm³/mol. The molecule has 0 bridgehead atoms. The highest BCUT2D eigenvalue weighted by atomic mass is 14.9. The van der Waals surface area contributed by atoms with E-state index in [-0.39, 0.29) is 0 Å². The van der Waals surface area contributed by atoms with Crippen molar-refractivity contribution in [3.8, 4) is 12.3 Å². The van der Waals surface area contributed by atoms with Crippen molar-refractivity contribution in [3.05, 3.63) is 35.9 Å². The first-order valence-electron chi connectivity index (χ1n) is 5.07. The third kappa shape index (κ3) is 3.64. The van der Waals surface area contributed by atoms with Gasteiger partial charge >= 0.3 is 0 Å². The van der Waals surface area contributed by atoms with Crippen LogP contribution in [0, 0.1) is 18.3 Å². The van der Waals surface area contributed by atoms with Crippen LogP contribution in [0.25, 0.3) is 0 Å². The minimum atomic E-state index is 0.360. The molecule has 1 aromatic carbocycles. The average Bonchev–Trinajstić information content (AvgIpc) is 2.26. The summed E-state index contributed by atoms with van der Waals surface area (Å²) in [5, 5.41) is 3.36. The topological polar surface area (TPSA) is 12.0 Å². The molecule has 14 heavy (non-hydrogen) atoms. The van der Waals surface area contributed by atoms with Crippen LogP contribution in [-0.4, -0.2) is 6.54 Å². The number of hydrogen-bond donors (Lipinski definition) is 1. The smallest absolute Gasteiger partial charge is 0.0322 e. The first-order chi connectivity index (χ1) is 6.86. The summed E-state index contributed by atoms with van der Waals surface area (Å²) in [5.74, 6) is 3.14. The molecule has 1 heteroatoms. The summed E-state index contributed by atoms with van der Waals surface area (Å²) in [5.41, 5.74) is 1.30. The Morgan fingerprint density at radius 1 is 1.36 bits per heavy atom. The third-order valence-corrected chi connectivity index (χ3v) is 2.29. The average molecular weight is 187 g/mol. The van der Waals surface area contributed by atoms with E-state index in [0.29, 0.717) is 5.92 Å². The van der Waals surface area contributed by atoms with Gasteiger partial charge in [-0.05, 0) is 12.0 Å². The van der Waals surface area contributed by atoms with Crippen LogP contribution in [0.3, 0.4) is 0 Å². The van der Waals surface area contributed by atoms with E-state index in [9.17, 15) is 0 Å². The Balaban J connectivity index is 2.26. The summed E-state index contributed by atoms with van der Waals surface area (Å²) < 4.78 is 0. The van der Waals surface area contributed by atoms with Gasteiger partial charge in [0.15, 0.2) is 0 Å². The molecule has 0 aliphatic heterocycles. The second kappa shape index (κ2) is 6.23. The predicted octanol–water partition coefficient (Wildman–Crippen LogP) is 2.44. The minimum Gasteiger partial charge on any atom is -0.311 e. The Kier molecular flexibility index (Phi) is 4.82. The number of benzene rings is 1. The van der Waals surface area contributed by atoms with Crippen LogP contribution in [0.15, 0.2) is 30.3 Å². The zero-order valence-electron chi connectivity index (χ0n) is 8.66. The Bertz CT molecular complexity index is 284. The zero-order valence-corrected chi connectivity index (χ0v) is 8.66. The molecular weight excluding hydrogens is 170 g/mol. The lowest BCUT2D eigenvalue weighted by Gasteiger charge is -2.09. The molecule has 0 heterocycles. The lowest BCUT2D eigenvalue weighted by Crippen LogP contribution is -2.21. The minimum absolute atomic E-state index is 0.360. The van der Waals surface area contributed by atoms with Gasteiger partial charge in [0.2, 0.25) is 0 Å². The molecule has 1 N–H and O–H groups in total. The van der Waals surface area contributed by atoms with E-state index in [1.807, 2.05) is 6.07 Å². The van der Waals surface area contributed by atoms with E-state index in [1.54, 1.807) is 0 Å². The fourth-order valence-electron chi connectivity index (χ4n) is 1.31. The number of rotatable bonds is 5. The molecule has 0 spiro atoms. The number of hydrogen-bond acceptors (Lipinski definition) is 1. The fraction of sp³-hybridized carbons (Fsp3) is 0.385. The first-order valence-corrected chi connectivity index (χ1v) is 5.07. The van der Waals surface area contributed by atoms with Crippen molar-refractivity contribution in [2.75, 3.05) is 6.54 Å². The maximum atomic E-state index is 5.37. The molecule has 1 aromatic rings. The summed E-state index contributed by atoms with van der Waals surface area (Å²) in [4.78, 5) is 0. The van der Waals surface area contributed by atoms with E-state index in [4.69, 9.17) is 6.42 Å². The Morgan fingerprint density at radius 3 is 2.64 bits per heavy atom. The van der Waals surface area contributed by atoms with E-state index >= 15 is 0 Å². The highest BCUT2D eigenvalue weighted by Crippen LogP contribution is 2.00. The summed E-state index contributed by atoms with van der Waals surface area (Å²) in [6, 6.07) is 10.4. The first kappa shape index (κ1) is 10.8. The summed E-state index contributed by atoms with van der Waals surface area (Å²) in [6.45, 7) is 3.93. The molecule has 1 atom stereocenters. The normalized spacial score (nSPS) is 12.0. The van der Waals surface area contributed by atoms with Gasteiger partial charge in [-0.25, -0.2) is 0 Å². The fourth-order valence-corrected chi connectivity index (χ4v) is 1.31. The second-order valence-electron chi connectivity index (χ2n) is 3.39. The standard InChI is InChI=1S/C13H17N/c1-3-12(4-2)10-14-11-13-8-6-5-7-9-13/h1,5-9,12,14H,4,10-11H2,2H3/t12-/m0/s1. The van der Waals surface area contributed by atoms with Gasteiger partial charge in [-0.2, -0.15) is 0 Å². The van der Waals surface area contributed by atoms with Crippen molar-refractivity contribution >= 4 is 0 Å². The lowest BCUT2D eigenvalue weighted by molar-refractivity contribution is 0.558. The highest BCUT2D eigenvalue weighted by Gasteiger charge is 2.00. The monoisotopic (exact) mass is 187 g/mol. The molecule has 1 nitrogen and oxygen atoms in total. The van der Waals surface area contributed by atoms with Crippen LogP contribution >= 0.6 is 0 Å². The van der Waals surface area contributed by atoms with Crippen LogP contribution in [0.2, 0.25) is 0 Å². The molecule has 0 radical (unpaired) electrons. The van der Waals surface area contributed by atoms with Gasteiger partial charge < -0.3 is 5.32 Å². The van der Waals surface area contributed by atoms with Crippen LogP contribution in [0.1, 0.15) is 18.9 Å².